The number of fused-ring (bicyclic) bond motifs is 4. The quantitative estimate of drug-likeness (QED) is 0.660. The summed E-state index contributed by atoms with van der Waals surface area (Å²) in [5, 5.41) is 13.0. The summed E-state index contributed by atoms with van der Waals surface area (Å²) in [5.74, 6) is 0.717. The highest BCUT2D eigenvalue weighted by Crippen LogP contribution is 2.47. The number of carbonyl (C=O) groups is 2. The molecule has 0 aliphatic carbocycles. The van der Waals surface area contributed by atoms with Crippen LogP contribution in [0, 0.1) is 0 Å². The average molecular weight is 480 g/mol. The molecule has 3 heterocycles. The third-order valence-corrected chi connectivity index (χ3v) is 7.13. The lowest BCUT2D eigenvalue weighted by atomic mass is 9.84. The summed E-state index contributed by atoms with van der Waals surface area (Å²) in [4.78, 5) is 29.1. The number of amides is 2. The number of nitrogens with zero attached hydrogens (tertiary/aromatic N) is 2. The number of hydrogen-bond acceptors (Lipinski definition) is 6. The van der Waals surface area contributed by atoms with Crippen LogP contribution in [0.4, 0.5) is 5.69 Å². The Morgan fingerprint density at radius 3 is 2.74 bits per heavy atom. The first-order valence-electron chi connectivity index (χ1n) is 12.3. The molecule has 3 aliphatic rings. The second kappa shape index (κ2) is 9.97. The second-order valence-corrected chi connectivity index (χ2v) is 9.98. The van der Waals surface area contributed by atoms with E-state index in [9.17, 15) is 14.7 Å². The van der Waals surface area contributed by atoms with E-state index in [0.29, 0.717) is 31.7 Å². The van der Waals surface area contributed by atoms with Crippen LogP contribution in [-0.2, 0) is 27.3 Å². The molecule has 1 fully saturated rings. The second-order valence-electron chi connectivity index (χ2n) is 9.98. The van der Waals surface area contributed by atoms with Crippen LogP contribution in [0.25, 0.3) is 0 Å². The molecule has 2 aromatic carbocycles. The van der Waals surface area contributed by atoms with E-state index in [2.05, 4.69) is 17.4 Å². The Labute approximate surface area is 205 Å². The predicted molar refractivity (Wildman–Crippen MR) is 131 cm³/mol. The predicted octanol–water partition coefficient (Wildman–Crippen LogP) is 2.16. The van der Waals surface area contributed by atoms with Crippen LogP contribution >= 0.6 is 0 Å². The summed E-state index contributed by atoms with van der Waals surface area (Å²) in [6.45, 7) is 1.45. The van der Waals surface area contributed by atoms with Crippen molar-refractivity contribution in [2.24, 2.45) is 0 Å². The third kappa shape index (κ3) is 5.05. The van der Waals surface area contributed by atoms with Crippen molar-refractivity contribution in [2.45, 2.75) is 50.0 Å². The summed E-state index contributed by atoms with van der Waals surface area (Å²) in [6.07, 6.45) is 0.639. The molecule has 8 heteroatoms. The van der Waals surface area contributed by atoms with Crippen molar-refractivity contribution < 1.29 is 24.2 Å². The Kier molecular flexibility index (Phi) is 6.77. The molecule has 8 nitrogen and oxygen atoms in total. The van der Waals surface area contributed by atoms with Gasteiger partial charge in [0.2, 0.25) is 11.8 Å². The average Bonchev–Trinajstić information content (AvgIpc) is 3.20. The molecule has 0 unspecified atom stereocenters. The number of rotatable bonds is 6. The Morgan fingerprint density at radius 2 is 1.97 bits per heavy atom. The van der Waals surface area contributed by atoms with Gasteiger partial charge in [-0.1, -0.05) is 24.3 Å². The van der Waals surface area contributed by atoms with Gasteiger partial charge in [0, 0.05) is 30.3 Å². The fourth-order valence-corrected chi connectivity index (χ4v) is 5.49. The lowest BCUT2D eigenvalue weighted by Gasteiger charge is -2.38. The zero-order chi connectivity index (χ0) is 24.5. The van der Waals surface area contributed by atoms with Crippen LogP contribution in [0.5, 0.6) is 5.75 Å². The normalized spacial score (nSPS) is 24.9. The minimum absolute atomic E-state index is 0.0125. The molecule has 3 aliphatic heterocycles. The molecule has 2 aromatic rings. The molecule has 35 heavy (non-hydrogen) atoms. The molecule has 0 radical (unpaired) electrons. The first kappa shape index (κ1) is 23.8. The maximum absolute atomic E-state index is 13.2. The number of aliphatic hydroxyl groups excluding tert-OH is 1. The van der Waals surface area contributed by atoms with Gasteiger partial charge in [-0.05, 0) is 56.3 Å². The molecular formula is C27H33N3O5. The Bertz CT molecular complexity index is 1100. The van der Waals surface area contributed by atoms with Gasteiger partial charge in [0.05, 0.1) is 25.7 Å². The van der Waals surface area contributed by atoms with Gasteiger partial charge >= 0.3 is 0 Å². The van der Waals surface area contributed by atoms with Crippen molar-refractivity contribution in [2.75, 3.05) is 39.1 Å². The van der Waals surface area contributed by atoms with Gasteiger partial charge in [0.15, 0.2) is 0 Å². The molecule has 4 atom stereocenters. The third-order valence-electron chi connectivity index (χ3n) is 7.13. The van der Waals surface area contributed by atoms with E-state index in [4.69, 9.17) is 9.47 Å². The van der Waals surface area contributed by atoms with Crippen molar-refractivity contribution in [3.8, 4) is 5.75 Å². The van der Waals surface area contributed by atoms with Gasteiger partial charge in [-0.25, -0.2) is 0 Å². The van der Waals surface area contributed by atoms with E-state index in [-0.39, 0.29) is 43.0 Å². The Morgan fingerprint density at radius 1 is 1.17 bits per heavy atom. The monoisotopic (exact) mass is 479 g/mol. The number of nitrogens with one attached hydrogen (secondary N) is 1. The van der Waals surface area contributed by atoms with Crippen molar-refractivity contribution in [3.05, 3.63) is 59.2 Å². The highest BCUT2D eigenvalue weighted by molar-refractivity contribution is 5.92. The van der Waals surface area contributed by atoms with Crippen LogP contribution in [0.2, 0.25) is 0 Å². The van der Waals surface area contributed by atoms with E-state index >= 15 is 0 Å². The van der Waals surface area contributed by atoms with Gasteiger partial charge in [-0.3, -0.25) is 9.59 Å². The molecule has 2 N–H and O–H groups in total. The maximum Gasteiger partial charge on any atom is 0.238 e. The number of anilines is 1. The lowest BCUT2D eigenvalue weighted by molar-refractivity contribution is -0.149. The zero-order valence-corrected chi connectivity index (χ0v) is 20.3. The van der Waals surface area contributed by atoms with E-state index in [1.807, 2.05) is 54.2 Å². The van der Waals surface area contributed by atoms with E-state index in [1.165, 1.54) is 11.1 Å². The standard InChI is InChI=1S/C27H33N3O5/c1-29(2)15-25(32)28-19-7-8-23-21(11-19)22-12-20(34-24(16-31)27(22)35-23)13-26(33)30-10-9-17-5-3-4-6-18(17)14-30/h3-8,11,20,22,24,27,31H,9-10,12-16H2,1-2H3,(H,28,32)/t20-,22-,24-,27+/m1/s1. The van der Waals surface area contributed by atoms with Gasteiger partial charge in [-0.15, -0.1) is 0 Å². The molecule has 2 amide bonds. The first-order valence-corrected chi connectivity index (χ1v) is 12.3. The summed E-state index contributed by atoms with van der Waals surface area (Å²) in [5.41, 5.74) is 4.21. The van der Waals surface area contributed by atoms with Crippen LogP contribution in [0.1, 0.15) is 35.4 Å². The summed E-state index contributed by atoms with van der Waals surface area (Å²) < 4.78 is 12.3. The summed E-state index contributed by atoms with van der Waals surface area (Å²) in [7, 11) is 3.70. The molecule has 0 aromatic heterocycles. The lowest BCUT2D eigenvalue weighted by Crippen LogP contribution is -2.48. The van der Waals surface area contributed by atoms with Crippen molar-refractivity contribution in [3.63, 3.8) is 0 Å². The number of aliphatic hydroxyl groups is 1. The minimum atomic E-state index is -0.507. The maximum atomic E-state index is 13.2. The molecule has 186 valence electrons. The van der Waals surface area contributed by atoms with Gasteiger partial charge in [0.25, 0.3) is 0 Å². The highest BCUT2D eigenvalue weighted by Gasteiger charge is 2.46. The van der Waals surface area contributed by atoms with Gasteiger partial charge < -0.3 is 29.7 Å². The number of carbonyl (C=O) groups excluding carboxylic acids is 2. The minimum Gasteiger partial charge on any atom is -0.487 e. The molecule has 0 spiro atoms. The number of hydrogen-bond donors (Lipinski definition) is 2. The number of benzene rings is 2. The largest absolute Gasteiger partial charge is 0.487 e. The Balaban J connectivity index is 1.28. The van der Waals surface area contributed by atoms with Crippen molar-refractivity contribution in [1.29, 1.82) is 0 Å². The number of ether oxygens (including phenoxy) is 2. The fraction of sp³-hybridized carbons (Fsp3) is 0.481. The number of likely N-dealkylation sites (N-methyl/N-ethyl adjacent to an activating group) is 1. The molecular weight excluding hydrogens is 446 g/mol. The van der Waals surface area contributed by atoms with Gasteiger partial charge in [-0.2, -0.15) is 0 Å². The first-order chi connectivity index (χ1) is 16.9. The fourth-order valence-electron chi connectivity index (χ4n) is 5.49. The Hall–Kier alpha value is -2.94. The van der Waals surface area contributed by atoms with E-state index in [0.717, 1.165) is 17.7 Å². The zero-order valence-electron chi connectivity index (χ0n) is 20.3. The van der Waals surface area contributed by atoms with Crippen molar-refractivity contribution in [1.82, 2.24) is 9.80 Å². The van der Waals surface area contributed by atoms with Crippen LogP contribution in [0.15, 0.2) is 42.5 Å². The highest BCUT2D eigenvalue weighted by atomic mass is 16.6. The van der Waals surface area contributed by atoms with Crippen LogP contribution in [-0.4, -0.2) is 78.8 Å². The SMILES string of the molecule is CN(C)CC(=O)Nc1ccc2c(c1)[C@H]1C[C@H](CC(=O)N3CCc4ccccc4C3)O[C@H](CO)[C@H]1O2. The van der Waals surface area contributed by atoms with Crippen LogP contribution < -0.4 is 10.1 Å². The molecule has 1 saturated heterocycles. The van der Waals surface area contributed by atoms with E-state index in [1.54, 1.807) is 0 Å². The van der Waals surface area contributed by atoms with Crippen molar-refractivity contribution >= 4 is 17.5 Å². The van der Waals surface area contributed by atoms with E-state index < -0.39 is 6.10 Å². The van der Waals surface area contributed by atoms with Gasteiger partial charge in [0.1, 0.15) is 18.0 Å². The smallest absolute Gasteiger partial charge is 0.238 e. The molecule has 0 saturated carbocycles. The summed E-state index contributed by atoms with van der Waals surface area (Å²) >= 11 is 0. The molecule has 5 rings (SSSR count). The van der Waals surface area contributed by atoms with Crippen LogP contribution in [0.3, 0.4) is 0 Å². The topological polar surface area (TPSA) is 91.3 Å². The summed E-state index contributed by atoms with van der Waals surface area (Å²) in [6, 6.07) is 13.9. The molecule has 0 bridgehead atoms.